The highest BCUT2D eigenvalue weighted by molar-refractivity contribution is 7.13. The Bertz CT molecular complexity index is 722. The number of hydrogen-bond donors (Lipinski definition) is 1. The molecule has 1 aliphatic rings. The summed E-state index contributed by atoms with van der Waals surface area (Å²) in [5.74, 6) is 0.531. The van der Waals surface area contributed by atoms with Crippen LogP contribution in [-0.2, 0) is 0 Å². The Balaban J connectivity index is 0.00000208. The monoisotopic (exact) mass is 405 g/mol. The summed E-state index contributed by atoms with van der Waals surface area (Å²) < 4.78 is 0. The second kappa shape index (κ2) is 8.50. The molecule has 1 aromatic carbocycles. The number of carbonyl (C=O) groups is 1. The summed E-state index contributed by atoms with van der Waals surface area (Å²) in [5, 5.41) is 6.75. The fourth-order valence-corrected chi connectivity index (χ4v) is 3.86. The number of rotatable bonds is 4. The van der Waals surface area contributed by atoms with Gasteiger partial charge in [0, 0.05) is 24.0 Å². The van der Waals surface area contributed by atoms with Crippen molar-refractivity contribution in [3.63, 3.8) is 0 Å². The topological polar surface area (TPSA) is 45.2 Å². The zero-order valence-electron chi connectivity index (χ0n) is 13.1. The first-order valence-corrected chi connectivity index (χ1v) is 9.07. The zero-order chi connectivity index (χ0) is 16.4. The fourth-order valence-electron chi connectivity index (χ4n) is 2.77. The summed E-state index contributed by atoms with van der Waals surface area (Å²) in [6.45, 7) is 2.53. The summed E-state index contributed by atoms with van der Waals surface area (Å²) in [5.41, 5.74) is 1.37. The third-order valence-electron chi connectivity index (χ3n) is 3.96. The van der Waals surface area contributed by atoms with Crippen LogP contribution in [0.25, 0.3) is 10.6 Å². The average molecular weight is 407 g/mol. The quantitative estimate of drug-likeness (QED) is 0.827. The Hall–Kier alpha value is -0.850. The summed E-state index contributed by atoms with van der Waals surface area (Å²) >= 11 is 13.4. The number of likely N-dealkylation sites (tertiary alicyclic amines) is 1. The van der Waals surface area contributed by atoms with Crippen LogP contribution < -0.4 is 5.32 Å². The molecule has 8 heteroatoms. The first-order chi connectivity index (χ1) is 11.1. The molecule has 1 aliphatic heterocycles. The normalized spacial score (nSPS) is 17.0. The van der Waals surface area contributed by atoms with Gasteiger partial charge in [-0.2, -0.15) is 0 Å². The van der Waals surface area contributed by atoms with Crippen molar-refractivity contribution in [2.75, 3.05) is 26.7 Å². The molecule has 1 N–H and O–H groups in total. The maximum absolute atomic E-state index is 12.6. The van der Waals surface area contributed by atoms with Gasteiger partial charge in [0.1, 0.15) is 10.7 Å². The number of benzene rings is 1. The Morgan fingerprint density at radius 2 is 2.21 bits per heavy atom. The first-order valence-electron chi connectivity index (χ1n) is 7.43. The van der Waals surface area contributed by atoms with Crippen molar-refractivity contribution >= 4 is 52.9 Å². The van der Waals surface area contributed by atoms with E-state index in [0.29, 0.717) is 21.7 Å². The molecule has 1 amide bonds. The molecule has 0 bridgehead atoms. The van der Waals surface area contributed by atoms with E-state index in [-0.39, 0.29) is 18.3 Å². The van der Waals surface area contributed by atoms with Gasteiger partial charge in [0.25, 0.3) is 5.91 Å². The van der Waals surface area contributed by atoms with Gasteiger partial charge in [-0.25, -0.2) is 4.98 Å². The van der Waals surface area contributed by atoms with Gasteiger partial charge in [0.05, 0.1) is 10.0 Å². The Morgan fingerprint density at radius 3 is 2.92 bits per heavy atom. The second-order valence-electron chi connectivity index (χ2n) is 5.63. The van der Waals surface area contributed by atoms with Crippen molar-refractivity contribution in [3.8, 4) is 10.6 Å². The number of hydrogen-bond acceptors (Lipinski definition) is 4. The molecule has 0 saturated carbocycles. The first kappa shape index (κ1) is 19.5. The Kier molecular flexibility index (Phi) is 6.89. The van der Waals surface area contributed by atoms with E-state index in [1.165, 1.54) is 11.3 Å². The lowest BCUT2D eigenvalue weighted by molar-refractivity contribution is 0.0782. The van der Waals surface area contributed by atoms with Crippen LogP contribution in [0.2, 0.25) is 10.0 Å². The van der Waals surface area contributed by atoms with E-state index in [0.717, 1.165) is 36.6 Å². The van der Waals surface area contributed by atoms with Crippen molar-refractivity contribution in [2.45, 2.75) is 6.42 Å². The molecule has 0 radical (unpaired) electrons. The van der Waals surface area contributed by atoms with Crippen molar-refractivity contribution < 1.29 is 4.79 Å². The molecule has 0 aliphatic carbocycles. The van der Waals surface area contributed by atoms with Gasteiger partial charge in [-0.1, -0.05) is 29.3 Å². The number of amides is 1. The molecule has 2 heterocycles. The van der Waals surface area contributed by atoms with Crippen molar-refractivity contribution in [3.05, 3.63) is 39.3 Å². The van der Waals surface area contributed by atoms with Crippen LogP contribution in [0.5, 0.6) is 0 Å². The molecule has 1 fully saturated rings. The van der Waals surface area contributed by atoms with E-state index in [4.69, 9.17) is 23.2 Å². The van der Waals surface area contributed by atoms with Gasteiger partial charge < -0.3 is 10.2 Å². The summed E-state index contributed by atoms with van der Waals surface area (Å²) in [6, 6.07) is 5.38. The lowest BCUT2D eigenvalue weighted by Gasteiger charge is -2.15. The molecule has 130 valence electrons. The SMILES string of the molecule is CNCC1CCN(C(=O)c2csc(-c3ccc(Cl)c(Cl)c3)n2)C1.Cl. The number of halogens is 3. The Morgan fingerprint density at radius 1 is 1.42 bits per heavy atom. The predicted molar refractivity (Wildman–Crippen MR) is 103 cm³/mol. The molecule has 24 heavy (non-hydrogen) atoms. The molecule has 1 atom stereocenters. The number of nitrogens with zero attached hydrogens (tertiary/aromatic N) is 2. The molecule has 4 nitrogen and oxygen atoms in total. The highest BCUT2D eigenvalue weighted by Gasteiger charge is 2.27. The van der Waals surface area contributed by atoms with Gasteiger partial charge in [-0.05, 0) is 38.1 Å². The van der Waals surface area contributed by atoms with Crippen molar-refractivity contribution in [1.82, 2.24) is 15.2 Å². The van der Waals surface area contributed by atoms with E-state index >= 15 is 0 Å². The van der Waals surface area contributed by atoms with Gasteiger partial charge in [0.15, 0.2) is 0 Å². The standard InChI is InChI=1S/C16H17Cl2N3OS.ClH/c1-19-7-10-4-5-21(8-10)16(22)14-9-23-15(20-14)11-2-3-12(17)13(18)6-11;/h2-3,6,9-10,19H,4-5,7-8H2,1H3;1H. The maximum atomic E-state index is 12.6. The molecule has 1 aromatic heterocycles. The lowest BCUT2D eigenvalue weighted by Crippen LogP contribution is -2.30. The fraction of sp³-hybridized carbons (Fsp3) is 0.375. The van der Waals surface area contributed by atoms with Gasteiger partial charge in [-0.3, -0.25) is 4.79 Å². The minimum atomic E-state index is 0. The van der Waals surface area contributed by atoms with E-state index in [9.17, 15) is 4.79 Å². The Labute approximate surface area is 161 Å². The minimum absolute atomic E-state index is 0. The van der Waals surface area contributed by atoms with E-state index < -0.39 is 0 Å². The van der Waals surface area contributed by atoms with Crippen LogP contribution in [0.1, 0.15) is 16.9 Å². The summed E-state index contributed by atoms with van der Waals surface area (Å²) in [7, 11) is 1.94. The largest absolute Gasteiger partial charge is 0.337 e. The molecule has 2 aromatic rings. The lowest BCUT2D eigenvalue weighted by atomic mass is 10.1. The van der Waals surface area contributed by atoms with E-state index in [1.807, 2.05) is 23.4 Å². The van der Waals surface area contributed by atoms with Gasteiger partial charge in [0.2, 0.25) is 0 Å². The molecule has 1 unspecified atom stereocenters. The van der Waals surface area contributed by atoms with E-state index in [2.05, 4.69) is 10.3 Å². The smallest absolute Gasteiger partial charge is 0.273 e. The molecule has 0 spiro atoms. The maximum Gasteiger partial charge on any atom is 0.273 e. The second-order valence-corrected chi connectivity index (χ2v) is 7.30. The van der Waals surface area contributed by atoms with Crippen LogP contribution in [0, 0.1) is 5.92 Å². The van der Waals surface area contributed by atoms with Crippen LogP contribution in [0.3, 0.4) is 0 Å². The predicted octanol–water partition coefficient (Wildman–Crippen LogP) is 4.22. The van der Waals surface area contributed by atoms with E-state index in [1.54, 1.807) is 12.1 Å². The zero-order valence-corrected chi connectivity index (χ0v) is 16.2. The third-order valence-corrected chi connectivity index (χ3v) is 5.59. The van der Waals surface area contributed by atoms with Crippen LogP contribution in [0.4, 0.5) is 0 Å². The number of thiazole rings is 1. The summed E-state index contributed by atoms with van der Waals surface area (Å²) in [6.07, 6.45) is 1.04. The molecular weight excluding hydrogens is 389 g/mol. The molecule has 3 rings (SSSR count). The number of nitrogens with one attached hydrogen (secondary N) is 1. The van der Waals surface area contributed by atoms with Crippen LogP contribution >= 0.6 is 46.9 Å². The van der Waals surface area contributed by atoms with Crippen LogP contribution in [0.15, 0.2) is 23.6 Å². The highest BCUT2D eigenvalue weighted by Crippen LogP contribution is 2.30. The minimum Gasteiger partial charge on any atom is -0.337 e. The third kappa shape index (κ3) is 4.21. The number of aromatic nitrogens is 1. The van der Waals surface area contributed by atoms with Crippen molar-refractivity contribution in [2.24, 2.45) is 5.92 Å². The van der Waals surface area contributed by atoms with Crippen LogP contribution in [-0.4, -0.2) is 42.5 Å². The van der Waals surface area contributed by atoms with Crippen molar-refractivity contribution in [1.29, 1.82) is 0 Å². The molecular formula is C16H18Cl3N3OS. The molecule has 1 saturated heterocycles. The van der Waals surface area contributed by atoms with Gasteiger partial charge >= 0.3 is 0 Å². The average Bonchev–Trinajstić information content (AvgIpc) is 3.19. The summed E-state index contributed by atoms with van der Waals surface area (Å²) in [4.78, 5) is 18.9. The van der Waals surface area contributed by atoms with Gasteiger partial charge in [-0.15, -0.1) is 23.7 Å². The highest BCUT2D eigenvalue weighted by atomic mass is 35.5. The number of carbonyl (C=O) groups excluding carboxylic acids is 1.